The Balaban J connectivity index is 3.28. The zero-order chi connectivity index (χ0) is 21.9. The van der Waals surface area contributed by atoms with Gasteiger partial charge in [0.2, 0.25) is 0 Å². The molecule has 0 spiro atoms. The molecule has 2 nitrogen and oxygen atoms in total. The summed E-state index contributed by atoms with van der Waals surface area (Å²) < 4.78 is 0. The smallest absolute Gasteiger partial charge is 0.121 e. The van der Waals surface area contributed by atoms with Gasteiger partial charge in [0.05, 0.1) is 0 Å². The van der Waals surface area contributed by atoms with E-state index in [0.29, 0.717) is 11.5 Å². The fourth-order valence-corrected chi connectivity index (χ4v) is 4.78. The Kier molecular flexibility index (Phi) is 5.44. The average molecular weight is 383 g/mol. The monoisotopic (exact) mass is 382 g/mol. The van der Waals surface area contributed by atoms with Gasteiger partial charge in [-0.15, -0.1) is 0 Å². The number of hydrogen-bond donors (Lipinski definition) is 2. The summed E-state index contributed by atoms with van der Waals surface area (Å²) >= 11 is 0. The molecule has 2 N–H and O–H groups in total. The molecule has 2 aromatic carbocycles. The minimum atomic E-state index is -0.128. The first-order valence-electron chi connectivity index (χ1n) is 10.2. The Bertz CT molecular complexity index is 869. The van der Waals surface area contributed by atoms with E-state index in [1.165, 1.54) is 22.3 Å². The normalized spacial score (nSPS) is 12.6. The van der Waals surface area contributed by atoms with Crippen LogP contribution >= 0.6 is 0 Å². The van der Waals surface area contributed by atoms with E-state index in [4.69, 9.17) is 0 Å². The van der Waals surface area contributed by atoms with Crippen LogP contribution in [0.1, 0.15) is 86.1 Å². The predicted octanol–water partition coefficient (Wildman–Crippen LogP) is 7.21. The summed E-state index contributed by atoms with van der Waals surface area (Å²) in [5.74, 6) is 0.793. The zero-order valence-corrected chi connectivity index (χ0v) is 19.9. The topological polar surface area (TPSA) is 40.5 Å². The molecule has 0 aliphatic carbocycles. The molecule has 0 amide bonds. The molecule has 0 saturated heterocycles. The van der Waals surface area contributed by atoms with Crippen molar-refractivity contribution in [3.63, 3.8) is 0 Å². The Morgan fingerprint density at radius 3 is 0.893 bits per heavy atom. The van der Waals surface area contributed by atoms with Gasteiger partial charge in [0.15, 0.2) is 0 Å². The van der Waals surface area contributed by atoms with Gasteiger partial charge in [-0.05, 0) is 108 Å². The molecule has 0 unspecified atom stereocenters. The van der Waals surface area contributed by atoms with Crippen LogP contribution in [0.25, 0.3) is 11.1 Å². The maximum atomic E-state index is 10.8. The van der Waals surface area contributed by atoms with Crippen molar-refractivity contribution in [3.05, 3.63) is 44.5 Å². The fraction of sp³-hybridized carbons (Fsp3) is 0.538. The highest BCUT2D eigenvalue weighted by Gasteiger charge is 2.32. The molecule has 0 atom stereocenters. The van der Waals surface area contributed by atoms with Crippen LogP contribution < -0.4 is 0 Å². The molecule has 2 heteroatoms. The first kappa shape index (κ1) is 22.3. The van der Waals surface area contributed by atoms with Crippen LogP contribution in [0, 0.1) is 41.5 Å². The molecule has 0 aliphatic heterocycles. The summed E-state index contributed by atoms with van der Waals surface area (Å²) in [6.07, 6.45) is 0. The molecule has 0 heterocycles. The Labute approximate surface area is 171 Å². The maximum absolute atomic E-state index is 10.8. The van der Waals surface area contributed by atoms with Crippen molar-refractivity contribution in [2.24, 2.45) is 0 Å². The second-order valence-corrected chi connectivity index (χ2v) is 10.4. The highest BCUT2D eigenvalue weighted by molar-refractivity contribution is 5.84. The van der Waals surface area contributed by atoms with Gasteiger partial charge in [-0.2, -0.15) is 0 Å². The van der Waals surface area contributed by atoms with Crippen LogP contribution in [0.5, 0.6) is 11.5 Å². The van der Waals surface area contributed by atoms with Gasteiger partial charge in [0.25, 0.3) is 0 Å². The summed E-state index contributed by atoms with van der Waals surface area (Å²) in [5.41, 5.74) is 10.6. The van der Waals surface area contributed by atoms with E-state index in [1.54, 1.807) is 0 Å². The number of phenols is 2. The second kappa shape index (κ2) is 6.83. The molecule has 0 aliphatic rings. The standard InChI is InChI=1S/C26H38O2/c1-13-15(3)23(27)17(5)21(25(7,8)9)19(13)20-14(2)16(4)24(28)18(6)22(20)26(10,11)12/h27-28H,1-12H3. The van der Waals surface area contributed by atoms with Crippen molar-refractivity contribution in [1.82, 2.24) is 0 Å². The van der Waals surface area contributed by atoms with E-state index in [-0.39, 0.29) is 10.8 Å². The first-order chi connectivity index (χ1) is 12.5. The van der Waals surface area contributed by atoms with Crippen LogP contribution in [-0.2, 0) is 10.8 Å². The Morgan fingerprint density at radius 1 is 0.429 bits per heavy atom. The molecule has 0 saturated carbocycles. The molecule has 0 bridgehead atoms. The highest BCUT2D eigenvalue weighted by atomic mass is 16.3. The Morgan fingerprint density at radius 2 is 0.679 bits per heavy atom. The van der Waals surface area contributed by atoms with Crippen molar-refractivity contribution in [3.8, 4) is 22.6 Å². The summed E-state index contributed by atoms with van der Waals surface area (Å²) in [6, 6.07) is 0. The average Bonchev–Trinajstić information content (AvgIpc) is 2.55. The van der Waals surface area contributed by atoms with Gasteiger partial charge in [-0.1, -0.05) is 41.5 Å². The molecular weight excluding hydrogens is 344 g/mol. The summed E-state index contributed by atoms with van der Waals surface area (Å²) in [5, 5.41) is 21.6. The van der Waals surface area contributed by atoms with E-state index in [1.807, 2.05) is 27.7 Å². The van der Waals surface area contributed by atoms with Crippen LogP contribution in [0.2, 0.25) is 0 Å². The lowest BCUT2D eigenvalue weighted by Gasteiger charge is -2.34. The van der Waals surface area contributed by atoms with Crippen LogP contribution in [-0.4, -0.2) is 10.2 Å². The maximum Gasteiger partial charge on any atom is 0.121 e. The van der Waals surface area contributed by atoms with Crippen molar-refractivity contribution < 1.29 is 10.2 Å². The lowest BCUT2D eigenvalue weighted by molar-refractivity contribution is 0.459. The van der Waals surface area contributed by atoms with Crippen LogP contribution in [0.15, 0.2) is 0 Å². The molecule has 154 valence electrons. The summed E-state index contributed by atoms with van der Waals surface area (Å²) in [7, 11) is 0. The molecule has 2 rings (SSSR count). The van der Waals surface area contributed by atoms with Crippen molar-refractivity contribution in [1.29, 1.82) is 0 Å². The minimum Gasteiger partial charge on any atom is -0.507 e. The molecule has 0 aromatic heterocycles. The molecule has 0 radical (unpaired) electrons. The second-order valence-electron chi connectivity index (χ2n) is 10.4. The predicted molar refractivity (Wildman–Crippen MR) is 121 cm³/mol. The SMILES string of the molecule is Cc1c(C)c(-c2c(C)c(C)c(O)c(C)c2C(C)(C)C)c(C(C)(C)C)c(C)c1O. The number of rotatable bonds is 1. The van der Waals surface area contributed by atoms with Gasteiger partial charge in [0, 0.05) is 0 Å². The number of aromatic hydroxyl groups is 2. The minimum absolute atomic E-state index is 0.128. The quantitative estimate of drug-likeness (QED) is 0.547. The van der Waals surface area contributed by atoms with E-state index < -0.39 is 0 Å². The van der Waals surface area contributed by atoms with Crippen molar-refractivity contribution in [2.45, 2.75) is 93.9 Å². The van der Waals surface area contributed by atoms with E-state index in [2.05, 4.69) is 55.4 Å². The van der Waals surface area contributed by atoms with E-state index >= 15 is 0 Å². The van der Waals surface area contributed by atoms with Gasteiger partial charge in [-0.3, -0.25) is 0 Å². The van der Waals surface area contributed by atoms with Crippen molar-refractivity contribution >= 4 is 0 Å². The zero-order valence-electron chi connectivity index (χ0n) is 19.9. The van der Waals surface area contributed by atoms with Gasteiger partial charge in [0.1, 0.15) is 11.5 Å². The molecule has 2 aromatic rings. The molecular formula is C26H38O2. The number of benzene rings is 2. The first-order valence-corrected chi connectivity index (χ1v) is 10.2. The van der Waals surface area contributed by atoms with Crippen LogP contribution in [0.4, 0.5) is 0 Å². The van der Waals surface area contributed by atoms with E-state index in [9.17, 15) is 10.2 Å². The third-order valence-corrected chi connectivity index (χ3v) is 6.30. The van der Waals surface area contributed by atoms with Gasteiger partial charge in [-0.25, -0.2) is 0 Å². The van der Waals surface area contributed by atoms with Gasteiger partial charge < -0.3 is 10.2 Å². The largest absolute Gasteiger partial charge is 0.507 e. The fourth-order valence-electron chi connectivity index (χ4n) is 4.78. The van der Waals surface area contributed by atoms with E-state index in [0.717, 1.165) is 33.4 Å². The highest BCUT2D eigenvalue weighted by Crippen LogP contribution is 2.50. The Hall–Kier alpha value is -1.96. The molecule has 0 fully saturated rings. The van der Waals surface area contributed by atoms with Crippen molar-refractivity contribution in [2.75, 3.05) is 0 Å². The lowest BCUT2D eigenvalue weighted by Crippen LogP contribution is -2.21. The lowest BCUT2D eigenvalue weighted by atomic mass is 9.70. The van der Waals surface area contributed by atoms with Gasteiger partial charge >= 0.3 is 0 Å². The third-order valence-electron chi connectivity index (χ3n) is 6.30. The third kappa shape index (κ3) is 3.32. The van der Waals surface area contributed by atoms with Crippen LogP contribution in [0.3, 0.4) is 0 Å². The number of hydrogen-bond acceptors (Lipinski definition) is 2. The summed E-state index contributed by atoms with van der Waals surface area (Å²) in [4.78, 5) is 0. The number of phenolic OH excluding ortho intramolecular Hbond substituents is 2. The molecule has 28 heavy (non-hydrogen) atoms. The summed E-state index contributed by atoms with van der Waals surface area (Å²) in [6.45, 7) is 25.5.